The molecule has 1 unspecified atom stereocenters. The summed E-state index contributed by atoms with van der Waals surface area (Å²) in [5.74, 6) is 0. The standard InChI is InChI=1S/C23H22N2O3S/c1-25(29(3,26)27)19-11-9-17-10-12-22-21(23(28-2)20(17)14-19)13-18(15-24-22)16-7-5-4-6-8-16/h4-15,23H,1-3H3. The number of benzene rings is 2. The largest absolute Gasteiger partial charge is 0.372 e. The van der Waals surface area contributed by atoms with Crippen molar-refractivity contribution in [1.82, 2.24) is 4.98 Å². The Balaban J connectivity index is 1.85. The molecule has 0 fully saturated rings. The highest BCUT2D eigenvalue weighted by Crippen LogP contribution is 2.38. The second-order valence-electron chi connectivity index (χ2n) is 7.06. The van der Waals surface area contributed by atoms with Gasteiger partial charge in [-0.25, -0.2) is 8.42 Å². The summed E-state index contributed by atoms with van der Waals surface area (Å²) in [4.78, 5) is 4.66. The van der Waals surface area contributed by atoms with Crippen LogP contribution >= 0.6 is 0 Å². The van der Waals surface area contributed by atoms with Gasteiger partial charge in [0.15, 0.2) is 0 Å². The molecule has 1 aliphatic rings. The third-order valence-corrected chi connectivity index (χ3v) is 6.42. The average molecular weight is 407 g/mol. The van der Waals surface area contributed by atoms with Crippen molar-refractivity contribution in [1.29, 1.82) is 0 Å². The summed E-state index contributed by atoms with van der Waals surface area (Å²) in [6.45, 7) is 0. The van der Waals surface area contributed by atoms with Crippen LogP contribution in [-0.2, 0) is 14.8 Å². The Labute approximate surface area is 171 Å². The maximum absolute atomic E-state index is 12.0. The van der Waals surface area contributed by atoms with Gasteiger partial charge >= 0.3 is 0 Å². The fraction of sp³-hybridized carbons (Fsp3) is 0.174. The number of pyridine rings is 1. The van der Waals surface area contributed by atoms with Gasteiger partial charge in [0.05, 0.1) is 17.6 Å². The predicted octanol–water partition coefficient (Wildman–Crippen LogP) is 4.36. The number of aromatic nitrogens is 1. The molecule has 6 heteroatoms. The SMILES string of the molecule is COC1c2cc(N(C)S(C)(=O)=O)ccc2C=Cc2ncc(-c3ccccc3)cc21. The molecule has 0 N–H and O–H groups in total. The first-order valence-corrected chi connectivity index (χ1v) is 11.1. The zero-order valence-corrected chi connectivity index (χ0v) is 17.3. The van der Waals surface area contributed by atoms with Gasteiger partial charge in [-0.15, -0.1) is 0 Å². The Kier molecular flexibility index (Phi) is 4.98. The van der Waals surface area contributed by atoms with E-state index in [1.54, 1.807) is 20.2 Å². The van der Waals surface area contributed by atoms with E-state index >= 15 is 0 Å². The van der Waals surface area contributed by atoms with Crippen LogP contribution in [0.3, 0.4) is 0 Å². The molecular formula is C23H22N2O3S. The Hall–Kier alpha value is -2.96. The van der Waals surface area contributed by atoms with Gasteiger partial charge in [-0.3, -0.25) is 9.29 Å². The minimum atomic E-state index is -3.36. The van der Waals surface area contributed by atoms with Crippen LogP contribution in [0.1, 0.15) is 28.5 Å². The van der Waals surface area contributed by atoms with Crippen LogP contribution in [-0.4, -0.2) is 33.8 Å². The van der Waals surface area contributed by atoms with Crippen molar-refractivity contribution in [3.05, 3.63) is 83.2 Å². The Morgan fingerprint density at radius 1 is 0.966 bits per heavy atom. The molecule has 148 valence electrons. The summed E-state index contributed by atoms with van der Waals surface area (Å²) in [6, 6.07) is 17.8. The minimum Gasteiger partial charge on any atom is -0.372 e. The summed E-state index contributed by atoms with van der Waals surface area (Å²) < 4.78 is 31.1. The molecular weight excluding hydrogens is 384 g/mol. The van der Waals surface area contributed by atoms with Crippen LogP contribution in [0.4, 0.5) is 5.69 Å². The lowest BCUT2D eigenvalue weighted by molar-refractivity contribution is 0.136. The topological polar surface area (TPSA) is 59.5 Å². The molecule has 0 spiro atoms. The Morgan fingerprint density at radius 2 is 1.72 bits per heavy atom. The quantitative estimate of drug-likeness (QED) is 0.646. The van der Waals surface area contributed by atoms with Gasteiger partial charge in [0.1, 0.15) is 6.10 Å². The number of hydrogen-bond acceptors (Lipinski definition) is 4. The van der Waals surface area contributed by atoms with E-state index in [1.165, 1.54) is 10.6 Å². The number of rotatable bonds is 4. The second kappa shape index (κ2) is 7.46. The van der Waals surface area contributed by atoms with Gasteiger partial charge in [-0.2, -0.15) is 0 Å². The van der Waals surface area contributed by atoms with Crippen LogP contribution in [0.2, 0.25) is 0 Å². The minimum absolute atomic E-state index is 0.362. The smallest absolute Gasteiger partial charge is 0.231 e. The van der Waals surface area contributed by atoms with Gasteiger partial charge in [0.25, 0.3) is 0 Å². The van der Waals surface area contributed by atoms with E-state index < -0.39 is 10.0 Å². The first-order chi connectivity index (χ1) is 13.9. The van der Waals surface area contributed by atoms with Gasteiger partial charge in [0.2, 0.25) is 10.0 Å². The predicted molar refractivity (Wildman–Crippen MR) is 117 cm³/mol. The molecule has 1 aliphatic carbocycles. The van der Waals surface area contributed by atoms with Gasteiger partial charge < -0.3 is 4.74 Å². The molecule has 0 saturated carbocycles. The van der Waals surface area contributed by atoms with E-state index in [0.29, 0.717) is 5.69 Å². The highest BCUT2D eigenvalue weighted by Gasteiger charge is 2.24. The Morgan fingerprint density at radius 3 is 2.41 bits per heavy atom. The van der Waals surface area contributed by atoms with E-state index in [9.17, 15) is 8.42 Å². The van der Waals surface area contributed by atoms with E-state index in [1.807, 2.05) is 60.8 Å². The summed E-state index contributed by atoms with van der Waals surface area (Å²) in [5, 5.41) is 0. The molecule has 3 aromatic rings. The summed E-state index contributed by atoms with van der Waals surface area (Å²) in [7, 11) is -0.148. The van der Waals surface area contributed by atoms with Crippen molar-refractivity contribution in [2.45, 2.75) is 6.10 Å². The van der Waals surface area contributed by atoms with Crippen LogP contribution in [0, 0.1) is 0 Å². The van der Waals surface area contributed by atoms with Crippen molar-refractivity contribution in [2.24, 2.45) is 0 Å². The second-order valence-corrected chi connectivity index (χ2v) is 9.07. The number of methoxy groups -OCH3 is 1. The fourth-order valence-corrected chi connectivity index (χ4v) is 4.05. The van der Waals surface area contributed by atoms with Crippen molar-refractivity contribution >= 4 is 27.9 Å². The molecule has 1 heterocycles. The van der Waals surface area contributed by atoms with Gasteiger partial charge in [-0.1, -0.05) is 42.5 Å². The lowest BCUT2D eigenvalue weighted by Gasteiger charge is -2.22. The number of fused-ring (bicyclic) bond motifs is 2. The number of ether oxygens (including phenoxy) is 1. The maximum Gasteiger partial charge on any atom is 0.231 e. The zero-order valence-electron chi connectivity index (χ0n) is 16.5. The van der Waals surface area contributed by atoms with Crippen molar-refractivity contribution in [3.63, 3.8) is 0 Å². The average Bonchev–Trinajstić information content (AvgIpc) is 2.88. The Bertz CT molecular complexity index is 1190. The van der Waals surface area contributed by atoms with Crippen molar-refractivity contribution in [3.8, 4) is 11.1 Å². The molecule has 0 amide bonds. The molecule has 29 heavy (non-hydrogen) atoms. The molecule has 0 aliphatic heterocycles. The monoisotopic (exact) mass is 406 g/mol. The van der Waals surface area contributed by atoms with Crippen molar-refractivity contribution in [2.75, 3.05) is 24.7 Å². The lowest BCUT2D eigenvalue weighted by Crippen LogP contribution is -2.25. The fourth-order valence-electron chi connectivity index (χ4n) is 3.55. The zero-order chi connectivity index (χ0) is 20.6. The summed E-state index contributed by atoms with van der Waals surface area (Å²) in [6.07, 6.45) is 6.66. The molecule has 0 bridgehead atoms. The third-order valence-electron chi connectivity index (χ3n) is 5.21. The van der Waals surface area contributed by atoms with E-state index in [4.69, 9.17) is 4.74 Å². The number of anilines is 1. The van der Waals surface area contributed by atoms with Crippen LogP contribution in [0.5, 0.6) is 0 Å². The van der Waals surface area contributed by atoms with Crippen LogP contribution in [0.15, 0.2) is 60.8 Å². The molecule has 1 aromatic heterocycles. The number of hydrogen-bond donors (Lipinski definition) is 0. The highest BCUT2D eigenvalue weighted by atomic mass is 32.2. The van der Waals surface area contributed by atoms with E-state index in [-0.39, 0.29) is 6.10 Å². The summed E-state index contributed by atoms with van der Waals surface area (Å²) in [5.41, 5.74) is 6.35. The van der Waals surface area contributed by atoms with Crippen molar-refractivity contribution < 1.29 is 13.2 Å². The van der Waals surface area contributed by atoms with Gasteiger partial charge in [0, 0.05) is 31.5 Å². The first kappa shape index (κ1) is 19.4. The number of sulfonamides is 1. The third kappa shape index (κ3) is 3.69. The van der Waals surface area contributed by atoms with E-state index in [0.717, 1.165) is 33.5 Å². The van der Waals surface area contributed by atoms with Crippen LogP contribution < -0.4 is 4.31 Å². The summed E-state index contributed by atoms with van der Waals surface area (Å²) >= 11 is 0. The highest BCUT2D eigenvalue weighted by molar-refractivity contribution is 7.92. The lowest BCUT2D eigenvalue weighted by atomic mass is 9.95. The van der Waals surface area contributed by atoms with E-state index in [2.05, 4.69) is 11.1 Å². The first-order valence-electron chi connectivity index (χ1n) is 9.22. The molecule has 4 rings (SSSR count). The maximum atomic E-state index is 12.0. The number of nitrogens with zero attached hydrogens (tertiary/aromatic N) is 2. The molecule has 0 saturated heterocycles. The molecule has 5 nitrogen and oxygen atoms in total. The van der Waals surface area contributed by atoms with Gasteiger partial charge in [-0.05, 0) is 41.0 Å². The molecule has 1 atom stereocenters. The van der Waals surface area contributed by atoms with Crippen LogP contribution in [0.25, 0.3) is 23.3 Å². The normalized spacial score (nSPS) is 15.3. The molecule has 2 aromatic carbocycles. The molecule has 0 radical (unpaired) electrons.